The van der Waals surface area contributed by atoms with Crippen LogP contribution < -0.4 is 5.32 Å². The van der Waals surface area contributed by atoms with Crippen molar-refractivity contribution < 1.29 is 4.79 Å². The van der Waals surface area contributed by atoms with Crippen LogP contribution in [0.5, 0.6) is 0 Å². The van der Waals surface area contributed by atoms with Crippen molar-refractivity contribution in [2.75, 3.05) is 6.54 Å². The molecule has 0 bridgehead atoms. The molecule has 0 saturated heterocycles. The first-order chi connectivity index (χ1) is 9.58. The highest BCUT2D eigenvalue weighted by Crippen LogP contribution is 2.25. The van der Waals surface area contributed by atoms with E-state index in [9.17, 15) is 4.79 Å². The van der Waals surface area contributed by atoms with Crippen molar-refractivity contribution in [3.63, 3.8) is 0 Å². The average Bonchev–Trinajstić information content (AvgIpc) is 2.45. The van der Waals surface area contributed by atoms with Crippen molar-refractivity contribution in [3.05, 3.63) is 57.6 Å². The molecule has 104 valence electrons. The van der Waals surface area contributed by atoms with Gasteiger partial charge in [-0.15, -0.1) is 0 Å². The molecule has 0 saturated carbocycles. The lowest BCUT2D eigenvalue weighted by Crippen LogP contribution is -2.26. The number of carbonyl (C=O) groups excluding carboxylic acids is 1. The molecule has 0 radical (unpaired) electrons. The third-order valence-corrected chi connectivity index (χ3v) is 3.61. The number of hydrogen-bond donors (Lipinski definition) is 1. The summed E-state index contributed by atoms with van der Waals surface area (Å²) in [5, 5.41) is 3.76. The minimum Gasteiger partial charge on any atom is -0.352 e. The first-order valence-corrected chi connectivity index (χ1v) is 6.82. The molecule has 20 heavy (non-hydrogen) atoms. The van der Waals surface area contributed by atoms with Gasteiger partial charge in [0, 0.05) is 47.2 Å². The molecule has 6 heteroatoms. The Morgan fingerprint density at radius 3 is 2.55 bits per heavy atom. The van der Waals surface area contributed by atoms with Crippen LogP contribution in [0, 0.1) is 6.92 Å². The first kappa shape index (κ1) is 14.8. The predicted molar refractivity (Wildman–Crippen MR) is 79.3 cm³/mol. The van der Waals surface area contributed by atoms with Gasteiger partial charge in [0.1, 0.15) is 0 Å². The quantitative estimate of drug-likeness (QED) is 0.944. The summed E-state index contributed by atoms with van der Waals surface area (Å²) in [6.45, 7) is 2.28. The number of nitrogens with zero attached hydrogens (tertiary/aromatic N) is 2. The lowest BCUT2D eigenvalue weighted by Gasteiger charge is -2.07. The number of hydrogen-bond acceptors (Lipinski definition) is 3. The topological polar surface area (TPSA) is 54.9 Å². The summed E-state index contributed by atoms with van der Waals surface area (Å²) in [5.41, 5.74) is 2.04. The summed E-state index contributed by atoms with van der Waals surface area (Å²) in [6, 6.07) is 3.22. The van der Waals surface area contributed by atoms with Gasteiger partial charge in [-0.05, 0) is 24.6 Å². The molecule has 0 aliphatic rings. The normalized spacial score (nSPS) is 10.3. The van der Waals surface area contributed by atoms with Crippen LogP contribution in [0.4, 0.5) is 0 Å². The largest absolute Gasteiger partial charge is 0.352 e. The smallest absolute Gasteiger partial charge is 0.251 e. The van der Waals surface area contributed by atoms with E-state index in [-0.39, 0.29) is 5.91 Å². The fourth-order valence-corrected chi connectivity index (χ4v) is 2.13. The maximum Gasteiger partial charge on any atom is 0.251 e. The van der Waals surface area contributed by atoms with Crippen LogP contribution in [-0.2, 0) is 6.42 Å². The molecule has 2 rings (SSSR count). The van der Waals surface area contributed by atoms with Crippen LogP contribution >= 0.6 is 23.2 Å². The number of benzene rings is 1. The summed E-state index contributed by atoms with van der Waals surface area (Å²) in [6.07, 6.45) is 5.52. The van der Waals surface area contributed by atoms with Gasteiger partial charge in [-0.2, -0.15) is 0 Å². The van der Waals surface area contributed by atoms with E-state index in [0.29, 0.717) is 28.6 Å². The Morgan fingerprint density at radius 1 is 1.25 bits per heavy atom. The number of rotatable bonds is 4. The Labute approximate surface area is 127 Å². The standard InChI is InChI=1S/C14H13Cl2N3O/c1-9-12(15)6-10(7-13(9)16)14(20)19-3-2-11-8-17-4-5-18-11/h4-8H,2-3H2,1H3,(H,19,20). The van der Waals surface area contributed by atoms with E-state index in [1.807, 2.05) is 0 Å². The molecule has 1 N–H and O–H groups in total. The van der Waals surface area contributed by atoms with Crippen LogP contribution in [0.2, 0.25) is 10.0 Å². The third kappa shape index (κ3) is 3.68. The van der Waals surface area contributed by atoms with E-state index in [4.69, 9.17) is 23.2 Å². The molecular weight excluding hydrogens is 297 g/mol. The Kier molecular flexibility index (Phi) is 4.93. The van der Waals surface area contributed by atoms with Crippen molar-refractivity contribution in [1.82, 2.24) is 15.3 Å². The number of nitrogens with one attached hydrogen (secondary N) is 1. The average molecular weight is 310 g/mol. The lowest BCUT2D eigenvalue weighted by atomic mass is 10.1. The second kappa shape index (κ2) is 6.68. The fourth-order valence-electron chi connectivity index (χ4n) is 1.64. The summed E-state index contributed by atoms with van der Waals surface area (Å²) in [4.78, 5) is 20.1. The van der Waals surface area contributed by atoms with E-state index in [1.165, 1.54) is 0 Å². The zero-order valence-corrected chi connectivity index (χ0v) is 12.4. The molecule has 2 aromatic rings. The monoisotopic (exact) mass is 309 g/mol. The molecule has 0 fully saturated rings. The molecule has 1 amide bonds. The SMILES string of the molecule is Cc1c(Cl)cc(C(=O)NCCc2cnccn2)cc1Cl. The highest BCUT2D eigenvalue weighted by molar-refractivity contribution is 6.36. The maximum absolute atomic E-state index is 12.0. The number of amides is 1. The minimum absolute atomic E-state index is 0.210. The molecule has 0 aliphatic heterocycles. The molecule has 1 aromatic heterocycles. The van der Waals surface area contributed by atoms with Crippen LogP contribution in [0.3, 0.4) is 0 Å². The van der Waals surface area contributed by atoms with Gasteiger partial charge in [0.05, 0.1) is 5.69 Å². The zero-order chi connectivity index (χ0) is 14.5. The van der Waals surface area contributed by atoms with Crippen LogP contribution in [0.25, 0.3) is 0 Å². The van der Waals surface area contributed by atoms with Crippen LogP contribution in [-0.4, -0.2) is 22.4 Å². The van der Waals surface area contributed by atoms with Gasteiger partial charge in [-0.1, -0.05) is 23.2 Å². The van der Waals surface area contributed by atoms with Crippen molar-refractivity contribution in [3.8, 4) is 0 Å². The van der Waals surface area contributed by atoms with Crippen molar-refractivity contribution in [2.45, 2.75) is 13.3 Å². The number of aromatic nitrogens is 2. The lowest BCUT2D eigenvalue weighted by molar-refractivity contribution is 0.0954. The molecule has 0 unspecified atom stereocenters. The second-order valence-electron chi connectivity index (χ2n) is 4.27. The molecule has 0 atom stereocenters. The Bertz CT molecular complexity index is 594. The van der Waals surface area contributed by atoms with Crippen molar-refractivity contribution in [1.29, 1.82) is 0 Å². The Morgan fingerprint density at radius 2 is 1.95 bits per heavy atom. The molecular formula is C14H13Cl2N3O. The first-order valence-electron chi connectivity index (χ1n) is 6.06. The highest BCUT2D eigenvalue weighted by atomic mass is 35.5. The van der Waals surface area contributed by atoms with E-state index >= 15 is 0 Å². The summed E-state index contributed by atoms with van der Waals surface area (Å²) >= 11 is 12.0. The number of carbonyl (C=O) groups is 1. The minimum atomic E-state index is -0.210. The second-order valence-corrected chi connectivity index (χ2v) is 5.08. The van der Waals surface area contributed by atoms with Gasteiger partial charge in [-0.25, -0.2) is 0 Å². The number of halogens is 2. The predicted octanol–water partition coefficient (Wildman–Crippen LogP) is 3.06. The Balaban J connectivity index is 1.95. The molecule has 0 aliphatic carbocycles. The van der Waals surface area contributed by atoms with Gasteiger partial charge >= 0.3 is 0 Å². The zero-order valence-electron chi connectivity index (χ0n) is 10.9. The van der Waals surface area contributed by atoms with Crippen molar-refractivity contribution in [2.24, 2.45) is 0 Å². The molecule has 1 aromatic carbocycles. The third-order valence-electron chi connectivity index (χ3n) is 2.83. The maximum atomic E-state index is 12.0. The van der Waals surface area contributed by atoms with Gasteiger partial charge in [0.15, 0.2) is 0 Å². The molecule has 0 spiro atoms. The molecule has 4 nitrogen and oxygen atoms in total. The summed E-state index contributed by atoms with van der Waals surface area (Å²) in [7, 11) is 0. The molecule has 1 heterocycles. The van der Waals surface area contributed by atoms with E-state index in [2.05, 4.69) is 15.3 Å². The van der Waals surface area contributed by atoms with E-state index in [1.54, 1.807) is 37.6 Å². The van der Waals surface area contributed by atoms with Gasteiger partial charge in [0.25, 0.3) is 5.91 Å². The highest BCUT2D eigenvalue weighted by Gasteiger charge is 2.10. The van der Waals surface area contributed by atoms with Gasteiger partial charge < -0.3 is 5.32 Å². The van der Waals surface area contributed by atoms with Crippen LogP contribution in [0.1, 0.15) is 21.6 Å². The van der Waals surface area contributed by atoms with E-state index in [0.717, 1.165) is 11.3 Å². The van der Waals surface area contributed by atoms with Gasteiger partial charge in [0.2, 0.25) is 0 Å². The van der Waals surface area contributed by atoms with Crippen LogP contribution in [0.15, 0.2) is 30.7 Å². The summed E-state index contributed by atoms with van der Waals surface area (Å²) < 4.78 is 0. The fraction of sp³-hybridized carbons (Fsp3) is 0.214. The van der Waals surface area contributed by atoms with E-state index < -0.39 is 0 Å². The Hall–Kier alpha value is -1.65. The summed E-state index contributed by atoms with van der Waals surface area (Å²) in [5.74, 6) is -0.210. The van der Waals surface area contributed by atoms with Gasteiger partial charge in [-0.3, -0.25) is 14.8 Å². The van der Waals surface area contributed by atoms with Crippen molar-refractivity contribution >= 4 is 29.1 Å².